The molecule has 0 aromatic carbocycles. The SMILES string of the molecule is CC(=O)/C=C/c1ccnn1CC(C)C. The first kappa shape index (κ1) is 10.7. The predicted octanol–water partition coefficient (Wildman–Crippen LogP) is 2.14. The maximum atomic E-state index is 10.8. The summed E-state index contributed by atoms with van der Waals surface area (Å²) in [7, 11) is 0. The summed E-state index contributed by atoms with van der Waals surface area (Å²) in [6.07, 6.45) is 5.12. The quantitative estimate of drug-likeness (QED) is 0.685. The Labute approximate surface area is 84.4 Å². The van der Waals surface area contributed by atoms with E-state index in [9.17, 15) is 4.79 Å². The van der Waals surface area contributed by atoms with Crippen molar-refractivity contribution in [3.63, 3.8) is 0 Å². The largest absolute Gasteiger partial charge is 0.295 e. The van der Waals surface area contributed by atoms with Crippen molar-refractivity contribution in [2.24, 2.45) is 5.92 Å². The van der Waals surface area contributed by atoms with E-state index >= 15 is 0 Å². The van der Waals surface area contributed by atoms with E-state index in [1.807, 2.05) is 10.7 Å². The molecule has 0 saturated carbocycles. The van der Waals surface area contributed by atoms with Gasteiger partial charge in [-0.2, -0.15) is 5.10 Å². The smallest absolute Gasteiger partial charge is 0.152 e. The summed E-state index contributed by atoms with van der Waals surface area (Å²) >= 11 is 0. The number of rotatable bonds is 4. The van der Waals surface area contributed by atoms with Crippen molar-refractivity contribution in [2.45, 2.75) is 27.3 Å². The molecular weight excluding hydrogens is 176 g/mol. The minimum Gasteiger partial charge on any atom is -0.295 e. The number of carbonyl (C=O) groups excluding carboxylic acids is 1. The molecule has 0 aliphatic heterocycles. The Kier molecular flexibility index (Phi) is 3.63. The second kappa shape index (κ2) is 4.74. The number of carbonyl (C=O) groups is 1. The van der Waals surface area contributed by atoms with E-state index in [0.717, 1.165) is 12.2 Å². The molecular formula is C11H16N2O. The third-order valence-corrected chi connectivity index (χ3v) is 1.78. The molecule has 0 N–H and O–H groups in total. The van der Waals surface area contributed by atoms with E-state index in [4.69, 9.17) is 0 Å². The Hall–Kier alpha value is -1.38. The van der Waals surface area contributed by atoms with E-state index in [1.165, 1.54) is 0 Å². The number of allylic oxidation sites excluding steroid dienone is 1. The second-order valence-electron chi connectivity index (χ2n) is 3.78. The maximum absolute atomic E-state index is 10.8. The summed E-state index contributed by atoms with van der Waals surface area (Å²) < 4.78 is 1.91. The minimum absolute atomic E-state index is 0.0577. The van der Waals surface area contributed by atoms with Crippen LogP contribution in [0, 0.1) is 5.92 Å². The standard InChI is InChI=1S/C11H16N2O/c1-9(2)8-13-11(6-7-12-13)5-4-10(3)14/h4-7,9H,8H2,1-3H3/b5-4+. The van der Waals surface area contributed by atoms with Gasteiger partial charge in [0.05, 0.1) is 5.69 Å². The van der Waals surface area contributed by atoms with E-state index in [0.29, 0.717) is 5.92 Å². The van der Waals surface area contributed by atoms with Gasteiger partial charge in [0.2, 0.25) is 0 Å². The van der Waals surface area contributed by atoms with Gasteiger partial charge in [0.15, 0.2) is 5.78 Å². The minimum atomic E-state index is 0.0577. The summed E-state index contributed by atoms with van der Waals surface area (Å²) in [5, 5.41) is 4.19. The van der Waals surface area contributed by atoms with Gasteiger partial charge in [-0.25, -0.2) is 0 Å². The number of nitrogens with zero attached hydrogens (tertiary/aromatic N) is 2. The van der Waals surface area contributed by atoms with Gasteiger partial charge >= 0.3 is 0 Å². The van der Waals surface area contributed by atoms with Crippen molar-refractivity contribution < 1.29 is 4.79 Å². The Morgan fingerprint density at radius 3 is 2.93 bits per heavy atom. The van der Waals surface area contributed by atoms with Crippen LogP contribution in [-0.4, -0.2) is 15.6 Å². The van der Waals surface area contributed by atoms with Crippen LogP contribution in [0.25, 0.3) is 6.08 Å². The summed E-state index contributed by atoms with van der Waals surface area (Å²) in [6, 6.07) is 1.90. The molecule has 3 nitrogen and oxygen atoms in total. The lowest BCUT2D eigenvalue weighted by atomic mass is 10.2. The Morgan fingerprint density at radius 1 is 1.64 bits per heavy atom. The molecule has 14 heavy (non-hydrogen) atoms. The molecule has 0 aliphatic rings. The molecule has 76 valence electrons. The third kappa shape index (κ3) is 3.17. The second-order valence-corrected chi connectivity index (χ2v) is 3.78. The van der Waals surface area contributed by atoms with Gasteiger partial charge in [0.25, 0.3) is 0 Å². The van der Waals surface area contributed by atoms with Crippen LogP contribution < -0.4 is 0 Å². The third-order valence-electron chi connectivity index (χ3n) is 1.78. The van der Waals surface area contributed by atoms with Gasteiger partial charge in [0.1, 0.15) is 0 Å². The van der Waals surface area contributed by atoms with Gasteiger partial charge in [0, 0.05) is 12.7 Å². The number of aromatic nitrogens is 2. The highest BCUT2D eigenvalue weighted by molar-refractivity contribution is 5.91. The highest BCUT2D eigenvalue weighted by Gasteiger charge is 2.01. The fourth-order valence-corrected chi connectivity index (χ4v) is 1.19. The Morgan fingerprint density at radius 2 is 2.36 bits per heavy atom. The lowest BCUT2D eigenvalue weighted by molar-refractivity contribution is -0.112. The molecule has 1 rings (SSSR count). The number of ketones is 1. The number of hydrogen-bond acceptors (Lipinski definition) is 2. The first-order valence-electron chi connectivity index (χ1n) is 4.80. The van der Waals surface area contributed by atoms with Crippen LogP contribution in [0.2, 0.25) is 0 Å². The van der Waals surface area contributed by atoms with Crippen molar-refractivity contribution >= 4 is 11.9 Å². The van der Waals surface area contributed by atoms with Crippen molar-refractivity contribution in [2.75, 3.05) is 0 Å². The monoisotopic (exact) mass is 192 g/mol. The Bertz CT molecular complexity index is 337. The van der Waals surface area contributed by atoms with Crippen LogP contribution in [0.5, 0.6) is 0 Å². The molecule has 0 spiro atoms. The molecule has 0 saturated heterocycles. The van der Waals surface area contributed by atoms with Gasteiger partial charge in [-0.05, 0) is 31.1 Å². The number of hydrogen-bond donors (Lipinski definition) is 0. The van der Waals surface area contributed by atoms with Crippen LogP contribution in [-0.2, 0) is 11.3 Å². The molecule has 0 unspecified atom stereocenters. The van der Waals surface area contributed by atoms with Crippen LogP contribution in [0.3, 0.4) is 0 Å². The van der Waals surface area contributed by atoms with E-state index < -0.39 is 0 Å². The lowest BCUT2D eigenvalue weighted by Gasteiger charge is -2.06. The van der Waals surface area contributed by atoms with Crippen molar-refractivity contribution in [1.82, 2.24) is 9.78 Å². The molecule has 0 amide bonds. The topological polar surface area (TPSA) is 34.9 Å². The molecule has 1 heterocycles. The predicted molar refractivity (Wildman–Crippen MR) is 56.8 cm³/mol. The molecule has 0 fully saturated rings. The Balaban J connectivity index is 2.77. The van der Waals surface area contributed by atoms with Crippen LogP contribution in [0.1, 0.15) is 26.5 Å². The van der Waals surface area contributed by atoms with Gasteiger partial charge in [-0.3, -0.25) is 9.48 Å². The molecule has 1 aromatic heterocycles. The van der Waals surface area contributed by atoms with Crippen molar-refractivity contribution in [3.05, 3.63) is 24.0 Å². The van der Waals surface area contributed by atoms with Gasteiger partial charge in [-0.1, -0.05) is 13.8 Å². The molecule has 3 heteroatoms. The van der Waals surface area contributed by atoms with Gasteiger partial charge < -0.3 is 0 Å². The molecule has 0 bridgehead atoms. The maximum Gasteiger partial charge on any atom is 0.152 e. The highest BCUT2D eigenvalue weighted by atomic mass is 16.1. The summed E-state index contributed by atoms with van der Waals surface area (Å²) in [5.41, 5.74) is 0.980. The zero-order chi connectivity index (χ0) is 10.6. The average molecular weight is 192 g/mol. The zero-order valence-electron chi connectivity index (χ0n) is 8.90. The van der Waals surface area contributed by atoms with E-state index in [-0.39, 0.29) is 5.78 Å². The first-order chi connectivity index (χ1) is 6.59. The lowest BCUT2D eigenvalue weighted by Crippen LogP contribution is -2.07. The first-order valence-corrected chi connectivity index (χ1v) is 4.80. The van der Waals surface area contributed by atoms with Gasteiger partial charge in [-0.15, -0.1) is 0 Å². The van der Waals surface area contributed by atoms with Crippen molar-refractivity contribution in [3.8, 4) is 0 Å². The van der Waals surface area contributed by atoms with E-state index in [1.54, 1.807) is 25.3 Å². The average Bonchev–Trinajstić information content (AvgIpc) is 2.47. The fraction of sp³-hybridized carbons (Fsp3) is 0.455. The molecule has 0 aliphatic carbocycles. The summed E-state index contributed by atoms with van der Waals surface area (Å²) in [4.78, 5) is 10.8. The normalized spacial score (nSPS) is 11.4. The van der Waals surface area contributed by atoms with E-state index in [2.05, 4.69) is 18.9 Å². The van der Waals surface area contributed by atoms with Crippen molar-refractivity contribution in [1.29, 1.82) is 0 Å². The molecule has 0 atom stereocenters. The molecule has 0 radical (unpaired) electrons. The van der Waals surface area contributed by atoms with Crippen LogP contribution in [0.15, 0.2) is 18.3 Å². The zero-order valence-corrected chi connectivity index (χ0v) is 8.90. The summed E-state index contributed by atoms with van der Waals surface area (Å²) in [5.74, 6) is 0.613. The van der Waals surface area contributed by atoms with Crippen LogP contribution in [0.4, 0.5) is 0 Å². The molecule has 1 aromatic rings. The summed E-state index contributed by atoms with van der Waals surface area (Å²) in [6.45, 7) is 6.70. The fourth-order valence-electron chi connectivity index (χ4n) is 1.19. The highest BCUT2D eigenvalue weighted by Crippen LogP contribution is 2.05. The van der Waals surface area contributed by atoms with Crippen LogP contribution >= 0.6 is 0 Å².